The molecule has 0 aliphatic heterocycles. The fourth-order valence-electron chi connectivity index (χ4n) is 4.52. The van der Waals surface area contributed by atoms with E-state index in [9.17, 15) is 20.2 Å². The Morgan fingerprint density at radius 1 is 1.05 bits per heavy atom. The Labute approximate surface area is 245 Å². The minimum atomic E-state index is -1.64. The lowest BCUT2D eigenvalue weighted by molar-refractivity contribution is -0.132. The molecule has 4 N–H and O–H groups in total. The molecule has 0 fully saturated rings. The molecule has 0 bridgehead atoms. The van der Waals surface area contributed by atoms with Crippen molar-refractivity contribution < 1.29 is 28.9 Å². The van der Waals surface area contributed by atoms with Gasteiger partial charge >= 0.3 is 0 Å². The molecular formula is C30H51N5O6. The third kappa shape index (κ3) is 11.4. The topological polar surface area (TPSA) is 169 Å². The number of primary amides is 1. The average molecular weight is 578 g/mol. The zero-order valence-corrected chi connectivity index (χ0v) is 26.0. The van der Waals surface area contributed by atoms with E-state index in [-0.39, 0.29) is 42.7 Å². The maximum absolute atomic E-state index is 12.9. The number of hydrogen-bond donors (Lipinski definition) is 3. The molecule has 11 heteroatoms. The Kier molecular flexibility index (Phi) is 15.6. The molecular weight excluding hydrogens is 526 g/mol. The highest BCUT2D eigenvalue weighted by atomic mass is 16.5. The van der Waals surface area contributed by atoms with Crippen molar-refractivity contribution in [3.8, 4) is 11.5 Å². The van der Waals surface area contributed by atoms with E-state index >= 15 is 0 Å². The molecule has 0 radical (unpaired) electrons. The van der Waals surface area contributed by atoms with E-state index in [1.165, 1.54) is 13.5 Å². The van der Waals surface area contributed by atoms with Crippen LogP contribution in [-0.4, -0.2) is 50.1 Å². The molecule has 1 unspecified atom stereocenters. The molecule has 11 nitrogen and oxygen atoms in total. The first kappa shape index (κ1) is 36.0. The molecule has 0 aromatic heterocycles. The van der Waals surface area contributed by atoms with Gasteiger partial charge in [0.2, 0.25) is 11.8 Å². The number of carbonyl (C=O) groups excluding carboxylic acids is 2. The van der Waals surface area contributed by atoms with E-state index in [0.717, 1.165) is 32.1 Å². The minimum Gasteiger partial charge on any atom is -0.493 e. The van der Waals surface area contributed by atoms with E-state index < -0.39 is 17.0 Å². The highest BCUT2D eigenvalue weighted by Crippen LogP contribution is 2.46. The summed E-state index contributed by atoms with van der Waals surface area (Å²) in [6.45, 7) is 9.92. The molecule has 1 rings (SSSR count). The van der Waals surface area contributed by atoms with Gasteiger partial charge in [0.1, 0.15) is 5.72 Å². The number of carbonyl (C=O) groups is 2. The van der Waals surface area contributed by atoms with Crippen LogP contribution in [0.25, 0.3) is 10.4 Å². The van der Waals surface area contributed by atoms with Crippen LogP contribution in [0.15, 0.2) is 11.2 Å². The van der Waals surface area contributed by atoms with E-state index in [1.807, 2.05) is 0 Å². The summed E-state index contributed by atoms with van der Waals surface area (Å²) in [5, 5.41) is 18.5. The molecule has 2 amide bonds. The summed E-state index contributed by atoms with van der Waals surface area (Å²) in [6.07, 6.45) is 7.27. The monoisotopic (exact) mass is 577 g/mol. The van der Waals surface area contributed by atoms with Gasteiger partial charge < -0.3 is 30.4 Å². The number of ether oxygens (including phenoxy) is 3. The lowest BCUT2D eigenvalue weighted by atomic mass is 9.83. The Hall–Kier alpha value is -3.01. The second kappa shape index (κ2) is 17.7. The highest BCUT2D eigenvalue weighted by molar-refractivity contribution is 5.81. The normalized spacial score (nSPS) is 12.9. The minimum absolute atomic E-state index is 0.0658. The van der Waals surface area contributed by atoms with Crippen molar-refractivity contribution in [2.45, 2.75) is 105 Å². The first-order valence-corrected chi connectivity index (χ1v) is 14.6. The quantitative estimate of drug-likeness (QED) is 0.0543. The zero-order valence-electron chi connectivity index (χ0n) is 26.0. The number of nitrogens with one attached hydrogen (secondary N) is 1. The predicted molar refractivity (Wildman–Crippen MR) is 160 cm³/mol. The van der Waals surface area contributed by atoms with Crippen molar-refractivity contribution in [3.05, 3.63) is 27.6 Å². The maximum Gasteiger partial charge on any atom is 0.223 e. The van der Waals surface area contributed by atoms with Gasteiger partial charge in [-0.1, -0.05) is 77.9 Å². The maximum atomic E-state index is 12.9. The number of amides is 2. The second-order valence-corrected chi connectivity index (χ2v) is 11.5. The number of benzene rings is 1. The van der Waals surface area contributed by atoms with Crippen LogP contribution in [0.1, 0.15) is 97.1 Å². The van der Waals surface area contributed by atoms with Gasteiger partial charge in [-0.3, -0.25) is 9.59 Å². The standard InChI is InChI=1S/C30H51N5O6/c1-8-9-10-11-12-13-15-24(36)33-30(38,21(2)3)20-22-18-23(19-29(4,5)28(31)37)26(40-7)27(25(22)34-35-32)41-17-14-16-39-6/h18,21,38H,8-17,19-20H2,1-7H3,(H2,31,37)(H,33,36). The number of hydrogen-bond acceptors (Lipinski definition) is 7. The van der Waals surface area contributed by atoms with E-state index in [2.05, 4.69) is 22.3 Å². The van der Waals surface area contributed by atoms with Crippen molar-refractivity contribution >= 4 is 17.5 Å². The molecule has 0 saturated carbocycles. The van der Waals surface area contributed by atoms with Crippen molar-refractivity contribution in [2.75, 3.05) is 27.4 Å². The van der Waals surface area contributed by atoms with E-state index in [0.29, 0.717) is 36.3 Å². The molecule has 1 atom stereocenters. The Morgan fingerprint density at radius 2 is 1.71 bits per heavy atom. The van der Waals surface area contributed by atoms with Gasteiger partial charge in [-0.15, -0.1) is 0 Å². The van der Waals surface area contributed by atoms with Crippen molar-refractivity contribution in [3.63, 3.8) is 0 Å². The Balaban J connectivity index is 3.51. The Morgan fingerprint density at radius 3 is 2.27 bits per heavy atom. The number of nitrogens with zero attached hydrogens (tertiary/aromatic N) is 3. The summed E-state index contributed by atoms with van der Waals surface area (Å²) in [4.78, 5) is 28.1. The van der Waals surface area contributed by atoms with Crippen LogP contribution in [0.5, 0.6) is 11.5 Å². The average Bonchev–Trinajstić information content (AvgIpc) is 2.90. The summed E-state index contributed by atoms with van der Waals surface area (Å²) in [6, 6.07) is 1.72. The predicted octanol–water partition coefficient (Wildman–Crippen LogP) is 5.86. The molecule has 0 saturated heterocycles. The number of rotatable bonds is 21. The Bertz CT molecular complexity index is 1040. The zero-order chi connectivity index (χ0) is 31.1. The highest BCUT2D eigenvalue weighted by Gasteiger charge is 2.36. The smallest absolute Gasteiger partial charge is 0.223 e. The summed E-state index contributed by atoms with van der Waals surface area (Å²) >= 11 is 0. The van der Waals surface area contributed by atoms with Crippen LogP contribution in [0, 0.1) is 11.3 Å². The van der Waals surface area contributed by atoms with Crippen LogP contribution < -0.4 is 20.5 Å². The fraction of sp³-hybridized carbons (Fsp3) is 0.733. The van der Waals surface area contributed by atoms with Crippen molar-refractivity contribution in [1.82, 2.24) is 5.32 Å². The van der Waals surface area contributed by atoms with Crippen LogP contribution in [0.2, 0.25) is 0 Å². The van der Waals surface area contributed by atoms with Crippen LogP contribution >= 0.6 is 0 Å². The van der Waals surface area contributed by atoms with Gasteiger partial charge in [-0.05, 0) is 29.5 Å². The van der Waals surface area contributed by atoms with Gasteiger partial charge in [0.25, 0.3) is 0 Å². The molecule has 0 spiro atoms. The summed E-state index contributed by atoms with van der Waals surface area (Å²) in [7, 11) is 3.05. The molecule has 1 aromatic carbocycles. The first-order valence-electron chi connectivity index (χ1n) is 14.6. The van der Waals surface area contributed by atoms with Gasteiger partial charge in [0, 0.05) is 49.2 Å². The molecule has 41 heavy (non-hydrogen) atoms. The second-order valence-electron chi connectivity index (χ2n) is 11.5. The lowest BCUT2D eigenvalue weighted by Crippen LogP contribution is -2.54. The van der Waals surface area contributed by atoms with E-state index in [1.54, 1.807) is 40.9 Å². The SMILES string of the molecule is CCCCCCCCC(=O)NC(O)(Cc1cc(CC(C)(C)C(N)=O)c(OC)c(OCCCOC)c1N=[N+]=[N-])C(C)C. The summed E-state index contributed by atoms with van der Waals surface area (Å²) < 4.78 is 16.9. The van der Waals surface area contributed by atoms with Gasteiger partial charge in [-0.2, -0.15) is 0 Å². The molecule has 1 aromatic rings. The number of azide groups is 1. The number of aliphatic hydroxyl groups is 1. The number of nitrogens with two attached hydrogens (primary N) is 1. The van der Waals surface area contributed by atoms with Crippen LogP contribution in [0.4, 0.5) is 5.69 Å². The van der Waals surface area contributed by atoms with Gasteiger partial charge in [0.15, 0.2) is 11.5 Å². The largest absolute Gasteiger partial charge is 0.493 e. The van der Waals surface area contributed by atoms with Crippen molar-refractivity contribution in [2.24, 2.45) is 22.2 Å². The summed E-state index contributed by atoms with van der Waals surface area (Å²) in [5.74, 6) is -0.625. The first-order chi connectivity index (χ1) is 19.4. The molecule has 0 aliphatic carbocycles. The molecule has 232 valence electrons. The van der Waals surface area contributed by atoms with Crippen molar-refractivity contribution in [1.29, 1.82) is 0 Å². The third-order valence-corrected chi connectivity index (χ3v) is 7.28. The van der Waals surface area contributed by atoms with E-state index in [4.69, 9.17) is 19.9 Å². The van der Waals surface area contributed by atoms with Gasteiger partial charge in [-0.25, -0.2) is 0 Å². The number of unbranched alkanes of at least 4 members (excludes halogenated alkanes) is 5. The lowest BCUT2D eigenvalue weighted by Gasteiger charge is -2.34. The molecule has 0 heterocycles. The third-order valence-electron chi connectivity index (χ3n) is 7.28. The summed E-state index contributed by atoms with van der Waals surface area (Å²) in [5.41, 5.74) is 13.7. The fourth-order valence-corrected chi connectivity index (χ4v) is 4.52. The number of methoxy groups -OCH3 is 2. The van der Waals surface area contributed by atoms with Crippen LogP contribution in [0.3, 0.4) is 0 Å². The van der Waals surface area contributed by atoms with Crippen LogP contribution in [-0.2, 0) is 27.2 Å². The van der Waals surface area contributed by atoms with Gasteiger partial charge in [0.05, 0.1) is 19.4 Å². The molecule has 0 aliphatic rings.